The summed E-state index contributed by atoms with van der Waals surface area (Å²) in [7, 11) is 0.597. The first-order valence-corrected chi connectivity index (χ1v) is 5.74. The van der Waals surface area contributed by atoms with Crippen LogP contribution in [0.15, 0.2) is 24.4 Å². The number of carbonyl (C=O) groups is 1. The van der Waals surface area contributed by atoms with Gasteiger partial charge in [0.15, 0.2) is 0 Å². The second-order valence-electron chi connectivity index (χ2n) is 4.98. The molecule has 0 unspecified atom stereocenters. The molecule has 2 aromatic rings. The molecule has 0 spiro atoms. The van der Waals surface area contributed by atoms with Crippen molar-refractivity contribution in [1.82, 2.24) is 9.78 Å². The Labute approximate surface area is 111 Å². The van der Waals surface area contributed by atoms with Gasteiger partial charge in [0.05, 0.1) is 11.7 Å². The van der Waals surface area contributed by atoms with Crippen molar-refractivity contribution in [3.63, 3.8) is 0 Å². The first-order valence-electron chi connectivity index (χ1n) is 5.74. The maximum absolute atomic E-state index is 11.9. The SMILES string of the molecule is CC(C)(C)OC(=O)n1ncc2cc(O[B]O)ccc21. The van der Waals surface area contributed by atoms with Gasteiger partial charge in [-0.1, -0.05) is 0 Å². The van der Waals surface area contributed by atoms with E-state index < -0.39 is 11.7 Å². The van der Waals surface area contributed by atoms with Crippen molar-refractivity contribution in [3.05, 3.63) is 24.4 Å². The number of benzene rings is 1. The highest BCUT2D eigenvalue weighted by atomic mass is 16.6. The van der Waals surface area contributed by atoms with Crippen LogP contribution in [0.2, 0.25) is 0 Å². The van der Waals surface area contributed by atoms with Gasteiger partial charge >= 0.3 is 13.8 Å². The van der Waals surface area contributed by atoms with Gasteiger partial charge in [-0.2, -0.15) is 9.78 Å². The Morgan fingerprint density at radius 3 is 2.79 bits per heavy atom. The van der Waals surface area contributed by atoms with E-state index in [0.717, 1.165) is 0 Å². The minimum Gasteiger partial charge on any atom is -0.537 e. The fourth-order valence-electron chi connectivity index (χ4n) is 1.60. The number of ether oxygens (including phenoxy) is 1. The fourth-order valence-corrected chi connectivity index (χ4v) is 1.60. The number of fused-ring (bicyclic) bond motifs is 1. The molecule has 0 saturated carbocycles. The Bertz CT molecular complexity index is 603. The second-order valence-corrected chi connectivity index (χ2v) is 4.98. The molecule has 0 aliphatic rings. The van der Waals surface area contributed by atoms with Crippen LogP contribution >= 0.6 is 0 Å². The summed E-state index contributed by atoms with van der Waals surface area (Å²) >= 11 is 0. The van der Waals surface area contributed by atoms with Crippen molar-refractivity contribution in [2.45, 2.75) is 26.4 Å². The van der Waals surface area contributed by atoms with E-state index >= 15 is 0 Å². The molecular weight excluding hydrogens is 247 g/mol. The van der Waals surface area contributed by atoms with E-state index in [0.29, 0.717) is 24.3 Å². The fraction of sp³-hybridized carbons (Fsp3) is 0.333. The van der Waals surface area contributed by atoms with E-state index in [1.807, 2.05) is 0 Å². The summed E-state index contributed by atoms with van der Waals surface area (Å²) in [5.41, 5.74) is 0.0316. The summed E-state index contributed by atoms with van der Waals surface area (Å²) in [4.78, 5) is 11.9. The third-order valence-electron chi connectivity index (χ3n) is 2.29. The molecule has 7 heteroatoms. The topological polar surface area (TPSA) is 73.6 Å². The molecule has 1 aromatic carbocycles. The van der Waals surface area contributed by atoms with Gasteiger partial charge < -0.3 is 14.4 Å². The molecule has 1 aromatic heterocycles. The van der Waals surface area contributed by atoms with E-state index in [1.54, 1.807) is 39.0 Å². The zero-order chi connectivity index (χ0) is 14.0. The molecule has 0 aliphatic carbocycles. The summed E-state index contributed by atoms with van der Waals surface area (Å²) in [5.74, 6) is 0.457. The van der Waals surface area contributed by atoms with Crippen molar-refractivity contribution >= 4 is 24.7 Å². The number of nitrogens with zero attached hydrogens (tertiary/aromatic N) is 2. The lowest BCUT2D eigenvalue weighted by molar-refractivity contribution is 0.0522. The van der Waals surface area contributed by atoms with Crippen LogP contribution in [-0.4, -0.2) is 34.2 Å². The minimum absolute atomic E-state index is 0.457. The predicted octanol–water partition coefficient (Wildman–Crippen LogP) is 1.72. The third kappa shape index (κ3) is 3.06. The van der Waals surface area contributed by atoms with Gasteiger partial charge in [0.25, 0.3) is 0 Å². The van der Waals surface area contributed by atoms with Gasteiger partial charge in [-0.3, -0.25) is 0 Å². The Morgan fingerprint density at radius 1 is 1.42 bits per heavy atom. The van der Waals surface area contributed by atoms with Crippen molar-refractivity contribution in [3.8, 4) is 5.75 Å². The summed E-state index contributed by atoms with van der Waals surface area (Å²) in [6.07, 6.45) is 0.994. The van der Waals surface area contributed by atoms with Crippen LogP contribution in [0.1, 0.15) is 20.8 Å². The summed E-state index contributed by atoms with van der Waals surface area (Å²) < 4.78 is 11.3. The van der Waals surface area contributed by atoms with Crippen LogP contribution in [0.3, 0.4) is 0 Å². The third-order valence-corrected chi connectivity index (χ3v) is 2.29. The zero-order valence-electron chi connectivity index (χ0n) is 11.0. The maximum Gasteiger partial charge on any atom is 0.569 e. The Balaban J connectivity index is 2.33. The van der Waals surface area contributed by atoms with Crippen LogP contribution in [0, 0.1) is 0 Å². The Kier molecular flexibility index (Phi) is 3.48. The monoisotopic (exact) mass is 261 g/mol. The van der Waals surface area contributed by atoms with E-state index in [4.69, 9.17) is 14.4 Å². The minimum atomic E-state index is -0.579. The molecule has 0 aliphatic heterocycles. The second kappa shape index (κ2) is 4.93. The zero-order valence-corrected chi connectivity index (χ0v) is 11.0. The van der Waals surface area contributed by atoms with Crippen molar-refractivity contribution in [2.75, 3.05) is 0 Å². The highest BCUT2D eigenvalue weighted by Crippen LogP contribution is 2.21. The normalized spacial score (nSPS) is 11.4. The lowest BCUT2D eigenvalue weighted by atomic mass is 10.2. The average Bonchev–Trinajstić information content (AvgIpc) is 2.70. The Hall–Kier alpha value is -2.02. The van der Waals surface area contributed by atoms with Gasteiger partial charge in [0.2, 0.25) is 0 Å². The predicted molar refractivity (Wildman–Crippen MR) is 70.0 cm³/mol. The smallest absolute Gasteiger partial charge is 0.537 e. The molecule has 99 valence electrons. The van der Waals surface area contributed by atoms with E-state index in [-0.39, 0.29) is 0 Å². The van der Waals surface area contributed by atoms with Crippen LogP contribution in [0.25, 0.3) is 10.9 Å². The van der Waals surface area contributed by atoms with Gasteiger partial charge in [0, 0.05) is 5.39 Å². The standard InChI is InChI=1S/C12H14BN2O4/c1-12(2,3)18-11(16)15-10-5-4-9(19-13-17)6-8(10)7-14-15/h4-7,17H,1-3H3. The molecule has 19 heavy (non-hydrogen) atoms. The number of rotatable bonds is 2. The van der Waals surface area contributed by atoms with Crippen molar-refractivity contribution in [1.29, 1.82) is 0 Å². The van der Waals surface area contributed by atoms with Crippen molar-refractivity contribution in [2.24, 2.45) is 0 Å². The maximum atomic E-state index is 11.9. The van der Waals surface area contributed by atoms with Gasteiger partial charge in [-0.05, 0) is 39.0 Å². The number of hydrogen-bond donors (Lipinski definition) is 1. The molecule has 0 amide bonds. The molecule has 1 radical (unpaired) electrons. The van der Waals surface area contributed by atoms with Gasteiger partial charge in [-0.25, -0.2) is 4.79 Å². The molecule has 2 rings (SSSR count). The summed E-state index contributed by atoms with van der Waals surface area (Å²) in [6.45, 7) is 5.37. The molecule has 0 atom stereocenters. The molecular formula is C12H14BN2O4. The molecule has 0 bridgehead atoms. The van der Waals surface area contributed by atoms with Gasteiger partial charge in [0.1, 0.15) is 11.4 Å². The van der Waals surface area contributed by atoms with Crippen LogP contribution in [0.5, 0.6) is 5.75 Å². The highest BCUT2D eigenvalue weighted by Gasteiger charge is 2.20. The first-order chi connectivity index (χ1) is 8.90. The van der Waals surface area contributed by atoms with Crippen LogP contribution in [0.4, 0.5) is 4.79 Å². The largest absolute Gasteiger partial charge is 0.569 e. The van der Waals surface area contributed by atoms with Crippen LogP contribution < -0.4 is 4.65 Å². The molecule has 1 heterocycles. The molecule has 0 saturated heterocycles. The highest BCUT2D eigenvalue weighted by molar-refractivity contribution is 6.17. The van der Waals surface area contributed by atoms with E-state index in [9.17, 15) is 4.79 Å². The molecule has 1 N–H and O–H groups in total. The number of carbonyl (C=O) groups excluding carboxylic acids is 1. The molecule has 6 nitrogen and oxygen atoms in total. The lowest BCUT2D eigenvalue weighted by Gasteiger charge is -2.19. The van der Waals surface area contributed by atoms with E-state index in [1.165, 1.54) is 10.9 Å². The van der Waals surface area contributed by atoms with Crippen LogP contribution in [-0.2, 0) is 4.74 Å². The van der Waals surface area contributed by atoms with E-state index in [2.05, 4.69) is 5.10 Å². The summed E-state index contributed by atoms with van der Waals surface area (Å²) in [5, 5.41) is 13.3. The quantitative estimate of drug-likeness (QED) is 0.833. The number of aromatic nitrogens is 2. The van der Waals surface area contributed by atoms with Gasteiger partial charge in [-0.15, -0.1) is 0 Å². The first kappa shape index (κ1) is 13.4. The van der Waals surface area contributed by atoms with Crippen molar-refractivity contribution < 1.29 is 19.2 Å². The number of hydrogen-bond acceptors (Lipinski definition) is 5. The lowest BCUT2D eigenvalue weighted by Crippen LogP contribution is -2.27. The average molecular weight is 261 g/mol. The molecule has 0 fully saturated rings. The summed E-state index contributed by atoms with van der Waals surface area (Å²) in [6, 6.07) is 4.96. The Morgan fingerprint density at radius 2 is 2.16 bits per heavy atom.